The van der Waals surface area contributed by atoms with Crippen molar-refractivity contribution in [2.45, 2.75) is 26.9 Å². The highest BCUT2D eigenvalue weighted by Crippen LogP contribution is 2.29. The van der Waals surface area contributed by atoms with Gasteiger partial charge in [-0.1, -0.05) is 30.7 Å². The van der Waals surface area contributed by atoms with E-state index in [1.165, 1.54) is 0 Å². The molecular weight excluding hydrogens is 440 g/mol. The Bertz CT molecular complexity index is 1080. The van der Waals surface area contributed by atoms with E-state index in [-0.39, 0.29) is 5.91 Å². The number of hydrogen-bond donors (Lipinski definition) is 1. The highest BCUT2D eigenvalue weighted by Gasteiger charge is 2.08. The van der Waals surface area contributed by atoms with Gasteiger partial charge in [0.2, 0.25) is 0 Å². The molecule has 0 aliphatic heterocycles. The summed E-state index contributed by atoms with van der Waals surface area (Å²) < 4.78 is 17.2. The normalized spacial score (nSPS) is 10.8. The van der Waals surface area contributed by atoms with Gasteiger partial charge < -0.3 is 14.2 Å². The molecule has 0 atom stereocenters. The minimum atomic E-state index is -0.306. The molecule has 0 unspecified atom stereocenters. The Hall–Kier alpha value is -3.51. The monoisotopic (exact) mass is 466 g/mol. The van der Waals surface area contributed by atoms with E-state index in [1.807, 2.05) is 56.3 Å². The number of ether oxygens (including phenoxy) is 3. The summed E-state index contributed by atoms with van der Waals surface area (Å²) in [6, 6.07) is 19.9. The molecule has 0 aromatic heterocycles. The highest BCUT2D eigenvalue weighted by molar-refractivity contribution is 6.30. The summed E-state index contributed by atoms with van der Waals surface area (Å²) in [6.07, 6.45) is 2.48. The van der Waals surface area contributed by atoms with Crippen LogP contribution in [0, 0.1) is 0 Å². The third-order valence-electron chi connectivity index (χ3n) is 4.52. The van der Waals surface area contributed by atoms with Crippen LogP contribution in [0.25, 0.3) is 0 Å². The summed E-state index contributed by atoms with van der Waals surface area (Å²) in [7, 11) is 0. The van der Waals surface area contributed by atoms with Crippen LogP contribution in [0.1, 0.15) is 41.8 Å². The predicted molar refractivity (Wildman–Crippen MR) is 131 cm³/mol. The van der Waals surface area contributed by atoms with Crippen LogP contribution in [0.4, 0.5) is 0 Å². The first-order valence-corrected chi connectivity index (χ1v) is 11.2. The van der Waals surface area contributed by atoms with Gasteiger partial charge in [0.15, 0.2) is 11.5 Å². The number of hydrogen-bond acceptors (Lipinski definition) is 5. The predicted octanol–water partition coefficient (Wildman–Crippen LogP) is 5.87. The zero-order valence-electron chi connectivity index (χ0n) is 18.7. The topological polar surface area (TPSA) is 69.2 Å². The van der Waals surface area contributed by atoms with Crippen LogP contribution >= 0.6 is 11.6 Å². The second-order valence-corrected chi connectivity index (χ2v) is 7.57. The number of nitrogens with one attached hydrogen (secondary N) is 1. The molecule has 33 heavy (non-hydrogen) atoms. The molecular formula is C26H27ClN2O4. The van der Waals surface area contributed by atoms with Gasteiger partial charge in [0, 0.05) is 10.6 Å². The molecule has 0 saturated heterocycles. The van der Waals surface area contributed by atoms with Gasteiger partial charge >= 0.3 is 0 Å². The zero-order valence-corrected chi connectivity index (χ0v) is 19.5. The molecule has 3 rings (SSSR count). The van der Waals surface area contributed by atoms with E-state index in [0.717, 1.165) is 23.3 Å². The van der Waals surface area contributed by atoms with E-state index in [0.29, 0.717) is 41.9 Å². The third kappa shape index (κ3) is 7.54. The van der Waals surface area contributed by atoms with E-state index in [4.69, 9.17) is 25.8 Å². The average molecular weight is 467 g/mol. The lowest BCUT2D eigenvalue weighted by Gasteiger charge is -2.12. The van der Waals surface area contributed by atoms with Crippen LogP contribution in [-0.4, -0.2) is 25.3 Å². The van der Waals surface area contributed by atoms with Crippen molar-refractivity contribution in [1.82, 2.24) is 5.43 Å². The van der Waals surface area contributed by atoms with Crippen LogP contribution < -0.4 is 19.6 Å². The lowest BCUT2D eigenvalue weighted by atomic mass is 10.2. The third-order valence-corrected chi connectivity index (χ3v) is 4.76. The number of amides is 1. The van der Waals surface area contributed by atoms with Crippen LogP contribution in [0.2, 0.25) is 5.02 Å². The molecule has 6 nitrogen and oxygen atoms in total. The molecule has 0 saturated carbocycles. The van der Waals surface area contributed by atoms with Crippen molar-refractivity contribution in [3.8, 4) is 17.2 Å². The van der Waals surface area contributed by atoms with Crippen molar-refractivity contribution in [1.29, 1.82) is 0 Å². The van der Waals surface area contributed by atoms with Crippen molar-refractivity contribution in [2.24, 2.45) is 5.10 Å². The Kier molecular flexibility index (Phi) is 9.15. The highest BCUT2D eigenvalue weighted by atomic mass is 35.5. The largest absolute Gasteiger partial charge is 0.494 e. The Morgan fingerprint density at radius 1 is 0.970 bits per heavy atom. The second-order valence-electron chi connectivity index (χ2n) is 7.13. The van der Waals surface area contributed by atoms with Gasteiger partial charge in [-0.15, -0.1) is 0 Å². The molecule has 0 radical (unpaired) electrons. The average Bonchev–Trinajstić information content (AvgIpc) is 2.83. The van der Waals surface area contributed by atoms with Gasteiger partial charge in [0.05, 0.1) is 19.4 Å². The summed E-state index contributed by atoms with van der Waals surface area (Å²) in [5, 5.41) is 4.72. The van der Waals surface area contributed by atoms with Crippen LogP contribution in [0.5, 0.6) is 17.2 Å². The zero-order chi connectivity index (χ0) is 23.5. The Morgan fingerprint density at radius 3 is 2.52 bits per heavy atom. The minimum Gasteiger partial charge on any atom is -0.494 e. The first kappa shape index (κ1) is 24.1. The second kappa shape index (κ2) is 12.5. The summed E-state index contributed by atoms with van der Waals surface area (Å²) in [5.41, 5.74) is 4.75. The van der Waals surface area contributed by atoms with Crippen molar-refractivity contribution in [3.63, 3.8) is 0 Å². The van der Waals surface area contributed by atoms with Crippen molar-refractivity contribution in [2.75, 3.05) is 13.2 Å². The van der Waals surface area contributed by atoms with Gasteiger partial charge in [0.25, 0.3) is 5.91 Å². The smallest absolute Gasteiger partial charge is 0.271 e. The Balaban J connectivity index is 1.60. The molecule has 0 heterocycles. The standard InChI is InChI=1S/C26H27ClN2O4/c1-3-14-32-23-11-9-21(10-12-23)26(30)29-28-17-19-8-13-24(25(16-19)31-4-2)33-18-20-6-5-7-22(27)15-20/h5-13,15-17H,3-4,14,18H2,1-2H3,(H,29,30)/b28-17+. The number of nitrogens with zero attached hydrogens (tertiary/aromatic N) is 1. The molecule has 172 valence electrons. The SMILES string of the molecule is CCCOc1ccc(C(=O)N/N=C/c2ccc(OCc3cccc(Cl)c3)c(OCC)c2)cc1. The molecule has 3 aromatic carbocycles. The summed E-state index contributed by atoms with van der Waals surface area (Å²) >= 11 is 6.03. The van der Waals surface area contributed by atoms with E-state index >= 15 is 0 Å². The molecule has 0 aliphatic rings. The minimum absolute atomic E-state index is 0.306. The van der Waals surface area contributed by atoms with Crippen molar-refractivity contribution >= 4 is 23.7 Å². The number of benzene rings is 3. The van der Waals surface area contributed by atoms with E-state index < -0.39 is 0 Å². The van der Waals surface area contributed by atoms with Gasteiger partial charge in [0.1, 0.15) is 12.4 Å². The molecule has 0 bridgehead atoms. The first-order valence-electron chi connectivity index (χ1n) is 10.8. The van der Waals surface area contributed by atoms with Crippen molar-refractivity contribution < 1.29 is 19.0 Å². The molecule has 0 spiro atoms. The lowest BCUT2D eigenvalue weighted by molar-refractivity contribution is 0.0955. The lowest BCUT2D eigenvalue weighted by Crippen LogP contribution is -2.17. The van der Waals surface area contributed by atoms with Crippen LogP contribution in [0.3, 0.4) is 0 Å². The van der Waals surface area contributed by atoms with Gasteiger partial charge in [-0.05, 0) is 79.1 Å². The molecule has 1 N–H and O–H groups in total. The first-order chi connectivity index (χ1) is 16.1. The maximum absolute atomic E-state index is 12.3. The maximum atomic E-state index is 12.3. The summed E-state index contributed by atoms with van der Waals surface area (Å²) in [4.78, 5) is 12.3. The van der Waals surface area contributed by atoms with Crippen LogP contribution in [-0.2, 0) is 6.61 Å². The number of carbonyl (C=O) groups is 1. The van der Waals surface area contributed by atoms with E-state index in [9.17, 15) is 4.79 Å². The van der Waals surface area contributed by atoms with Gasteiger partial charge in [-0.3, -0.25) is 4.79 Å². The van der Waals surface area contributed by atoms with Crippen molar-refractivity contribution in [3.05, 3.63) is 88.4 Å². The fourth-order valence-corrected chi connectivity index (χ4v) is 3.15. The van der Waals surface area contributed by atoms with E-state index in [1.54, 1.807) is 30.5 Å². The Labute approximate surface area is 199 Å². The maximum Gasteiger partial charge on any atom is 0.271 e. The molecule has 7 heteroatoms. The molecule has 0 fully saturated rings. The number of rotatable bonds is 11. The fraction of sp³-hybridized carbons (Fsp3) is 0.231. The molecule has 0 aliphatic carbocycles. The molecule has 1 amide bonds. The summed E-state index contributed by atoms with van der Waals surface area (Å²) in [6.45, 7) is 5.44. The summed E-state index contributed by atoms with van der Waals surface area (Å²) in [5.74, 6) is 1.64. The number of hydrazone groups is 1. The van der Waals surface area contributed by atoms with Gasteiger partial charge in [-0.2, -0.15) is 5.10 Å². The van der Waals surface area contributed by atoms with Crippen LogP contribution in [0.15, 0.2) is 71.8 Å². The quantitative estimate of drug-likeness (QED) is 0.283. The number of halogens is 1. The Morgan fingerprint density at radius 2 is 1.79 bits per heavy atom. The van der Waals surface area contributed by atoms with Gasteiger partial charge in [-0.25, -0.2) is 5.43 Å². The number of carbonyl (C=O) groups excluding carboxylic acids is 1. The molecule has 3 aromatic rings. The fourth-order valence-electron chi connectivity index (χ4n) is 2.93. The van der Waals surface area contributed by atoms with E-state index in [2.05, 4.69) is 10.5 Å².